The lowest BCUT2D eigenvalue weighted by Gasteiger charge is -2.28. The number of nitrogens with zero attached hydrogens (tertiary/aromatic N) is 3. The molecule has 2 saturated heterocycles. The zero-order chi connectivity index (χ0) is 19.5. The number of aromatic nitrogens is 1. The van der Waals surface area contributed by atoms with Crippen molar-refractivity contribution < 1.29 is 9.53 Å². The van der Waals surface area contributed by atoms with Crippen LogP contribution in [-0.2, 0) is 6.61 Å². The lowest BCUT2D eigenvalue weighted by atomic mass is 10.2. The van der Waals surface area contributed by atoms with E-state index in [1.807, 2.05) is 19.1 Å². The van der Waals surface area contributed by atoms with E-state index >= 15 is 0 Å². The Hall–Kier alpha value is -1.63. The molecule has 0 N–H and O–H groups in total. The summed E-state index contributed by atoms with van der Waals surface area (Å²) >= 11 is 7.36. The monoisotopic (exact) mass is 419 g/mol. The fourth-order valence-electron chi connectivity index (χ4n) is 4.07. The number of rotatable bonds is 6. The van der Waals surface area contributed by atoms with Crippen molar-refractivity contribution in [3.8, 4) is 5.75 Å². The van der Waals surface area contributed by atoms with Gasteiger partial charge in [0.05, 0.1) is 5.69 Å². The largest absolute Gasteiger partial charge is 0.486 e. The van der Waals surface area contributed by atoms with Crippen molar-refractivity contribution in [1.82, 2.24) is 14.8 Å². The first-order valence-corrected chi connectivity index (χ1v) is 11.2. The molecule has 1 aromatic heterocycles. The smallest absolute Gasteiger partial charge is 0.266 e. The number of halogens is 1. The van der Waals surface area contributed by atoms with E-state index in [0.717, 1.165) is 47.3 Å². The van der Waals surface area contributed by atoms with Crippen LogP contribution in [-0.4, -0.2) is 52.9 Å². The molecule has 7 heteroatoms. The highest BCUT2D eigenvalue weighted by molar-refractivity contribution is 7.13. The number of aryl methyl sites for hydroxylation is 1. The number of amides is 1. The molecule has 5 nitrogen and oxygen atoms in total. The minimum atomic E-state index is 0.134. The first-order chi connectivity index (χ1) is 13.6. The summed E-state index contributed by atoms with van der Waals surface area (Å²) in [5.74, 6) is 0.879. The van der Waals surface area contributed by atoms with Gasteiger partial charge in [-0.3, -0.25) is 4.79 Å². The number of hydrogen-bond acceptors (Lipinski definition) is 5. The van der Waals surface area contributed by atoms with Gasteiger partial charge in [0, 0.05) is 24.2 Å². The van der Waals surface area contributed by atoms with Gasteiger partial charge >= 0.3 is 0 Å². The minimum Gasteiger partial charge on any atom is -0.486 e. The number of ether oxygens (including phenoxy) is 1. The summed E-state index contributed by atoms with van der Waals surface area (Å²) in [5, 5.41) is 1.51. The molecule has 0 saturated carbocycles. The number of benzene rings is 1. The molecule has 2 aliphatic rings. The molecule has 2 aromatic rings. The maximum absolute atomic E-state index is 13.2. The Morgan fingerprint density at radius 1 is 1.21 bits per heavy atom. The lowest BCUT2D eigenvalue weighted by molar-refractivity contribution is 0.0712. The molecule has 1 aromatic carbocycles. The van der Waals surface area contributed by atoms with Gasteiger partial charge in [0.15, 0.2) is 0 Å². The maximum atomic E-state index is 13.2. The van der Waals surface area contributed by atoms with E-state index in [4.69, 9.17) is 16.3 Å². The first-order valence-electron chi connectivity index (χ1n) is 9.98. The summed E-state index contributed by atoms with van der Waals surface area (Å²) in [4.78, 5) is 23.1. The van der Waals surface area contributed by atoms with Gasteiger partial charge in [-0.1, -0.05) is 11.6 Å². The standard InChI is InChI=1S/C21H26ClN3O2S/c1-15-20(28-19(23-15)14-27-18-8-6-16(22)7-9-18)21(26)25-12-4-5-17(25)13-24-10-2-3-11-24/h6-9,17H,2-5,10-14H2,1H3. The third-order valence-corrected chi connectivity index (χ3v) is 6.89. The van der Waals surface area contributed by atoms with E-state index in [-0.39, 0.29) is 5.91 Å². The molecule has 0 bridgehead atoms. The van der Waals surface area contributed by atoms with Gasteiger partial charge in [-0.25, -0.2) is 4.98 Å². The molecular formula is C21H26ClN3O2S. The molecule has 1 unspecified atom stereocenters. The van der Waals surface area contributed by atoms with Gasteiger partial charge in [-0.05, 0) is 70.0 Å². The van der Waals surface area contributed by atoms with E-state index in [1.165, 1.54) is 37.3 Å². The molecule has 1 amide bonds. The molecule has 0 aliphatic carbocycles. The van der Waals surface area contributed by atoms with Crippen LogP contribution in [0.25, 0.3) is 0 Å². The zero-order valence-electron chi connectivity index (χ0n) is 16.2. The van der Waals surface area contributed by atoms with Crippen molar-refractivity contribution >= 4 is 28.8 Å². The first kappa shape index (κ1) is 19.7. The second kappa shape index (κ2) is 8.80. The number of thiazole rings is 1. The Morgan fingerprint density at radius 3 is 2.71 bits per heavy atom. The van der Waals surface area contributed by atoms with Crippen LogP contribution >= 0.6 is 22.9 Å². The Balaban J connectivity index is 1.40. The van der Waals surface area contributed by atoms with Crippen LogP contribution in [0.3, 0.4) is 0 Å². The third kappa shape index (κ3) is 4.50. The van der Waals surface area contributed by atoms with E-state index < -0.39 is 0 Å². The average molecular weight is 420 g/mol. The predicted octanol–water partition coefficient (Wildman–Crippen LogP) is 4.38. The fraction of sp³-hybridized carbons (Fsp3) is 0.524. The quantitative estimate of drug-likeness (QED) is 0.696. The Kier molecular flexibility index (Phi) is 6.19. The normalized spacial score (nSPS) is 20.1. The van der Waals surface area contributed by atoms with Crippen LogP contribution in [0.15, 0.2) is 24.3 Å². The van der Waals surface area contributed by atoms with Crippen LogP contribution in [0.4, 0.5) is 0 Å². The van der Waals surface area contributed by atoms with Crippen molar-refractivity contribution in [2.75, 3.05) is 26.2 Å². The number of carbonyl (C=O) groups is 1. The van der Waals surface area contributed by atoms with Gasteiger partial charge in [-0.2, -0.15) is 0 Å². The van der Waals surface area contributed by atoms with E-state index in [1.54, 1.807) is 12.1 Å². The van der Waals surface area contributed by atoms with Crippen LogP contribution in [0, 0.1) is 6.92 Å². The summed E-state index contributed by atoms with van der Waals surface area (Å²) in [5.41, 5.74) is 0.802. The molecular weight excluding hydrogens is 394 g/mol. The molecule has 1 atom stereocenters. The van der Waals surface area contributed by atoms with Gasteiger partial charge in [0.2, 0.25) is 0 Å². The topological polar surface area (TPSA) is 45.7 Å². The number of hydrogen-bond donors (Lipinski definition) is 0. The van der Waals surface area contributed by atoms with E-state index in [9.17, 15) is 4.79 Å². The zero-order valence-corrected chi connectivity index (χ0v) is 17.8. The van der Waals surface area contributed by atoms with Crippen LogP contribution in [0.5, 0.6) is 5.75 Å². The maximum Gasteiger partial charge on any atom is 0.266 e. The van der Waals surface area contributed by atoms with Gasteiger partial charge < -0.3 is 14.5 Å². The van der Waals surface area contributed by atoms with Gasteiger partial charge in [0.25, 0.3) is 5.91 Å². The van der Waals surface area contributed by atoms with Crippen molar-refractivity contribution in [3.05, 3.63) is 44.9 Å². The van der Waals surface area contributed by atoms with Crippen molar-refractivity contribution in [2.45, 2.75) is 45.3 Å². The summed E-state index contributed by atoms with van der Waals surface area (Å²) in [6.45, 7) is 6.48. The van der Waals surface area contributed by atoms with Crippen LogP contribution in [0.2, 0.25) is 5.02 Å². The average Bonchev–Trinajstić information content (AvgIpc) is 3.43. The van der Waals surface area contributed by atoms with Gasteiger partial charge in [0.1, 0.15) is 22.2 Å². The Labute approximate surface area is 175 Å². The number of likely N-dealkylation sites (tertiary alicyclic amines) is 2. The highest BCUT2D eigenvalue weighted by Crippen LogP contribution is 2.27. The summed E-state index contributed by atoms with van der Waals surface area (Å²) < 4.78 is 5.79. The minimum absolute atomic E-state index is 0.134. The van der Waals surface area contributed by atoms with Crippen molar-refractivity contribution in [2.24, 2.45) is 0 Å². The molecule has 28 heavy (non-hydrogen) atoms. The van der Waals surface area contributed by atoms with Crippen LogP contribution in [0.1, 0.15) is 46.1 Å². The summed E-state index contributed by atoms with van der Waals surface area (Å²) in [7, 11) is 0. The molecule has 3 heterocycles. The Bertz CT molecular complexity index is 818. The molecule has 2 fully saturated rings. The van der Waals surface area contributed by atoms with Crippen molar-refractivity contribution in [3.63, 3.8) is 0 Å². The van der Waals surface area contributed by atoms with Crippen molar-refractivity contribution in [1.29, 1.82) is 0 Å². The second-order valence-electron chi connectivity index (χ2n) is 7.57. The van der Waals surface area contributed by atoms with Crippen LogP contribution < -0.4 is 4.74 Å². The predicted molar refractivity (Wildman–Crippen MR) is 112 cm³/mol. The molecule has 0 spiro atoms. The Morgan fingerprint density at radius 2 is 1.96 bits per heavy atom. The molecule has 150 valence electrons. The third-order valence-electron chi connectivity index (χ3n) is 5.52. The fourth-order valence-corrected chi connectivity index (χ4v) is 5.13. The van der Waals surface area contributed by atoms with Gasteiger partial charge in [-0.15, -0.1) is 11.3 Å². The summed E-state index contributed by atoms with van der Waals surface area (Å²) in [6.07, 6.45) is 4.76. The highest BCUT2D eigenvalue weighted by Gasteiger charge is 2.33. The SMILES string of the molecule is Cc1nc(COc2ccc(Cl)cc2)sc1C(=O)N1CCCC1CN1CCCC1. The van der Waals surface area contributed by atoms with E-state index in [0.29, 0.717) is 17.7 Å². The van der Waals surface area contributed by atoms with E-state index in [2.05, 4.69) is 14.8 Å². The highest BCUT2D eigenvalue weighted by atomic mass is 35.5. The number of carbonyl (C=O) groups excluding carboxylic acids is 1. The summed E-state index contributed by atoms with van der Waals surface area (Å²) in [6, 6.07) is 7.60. The molecule has 2 aliphatic heterocycles. The lowest BCUT2D eigenvalue weighted by Crippen LogP contribution is -2.42. The molecule has 0 radical (unpaired) electrons. The molecule has 4 rings (SSSR count). The second-order valence-corrected chi connectivity index (χ2v) is 9.09.